The minimum Gasteiger partial charge on any atom is -0.367 e. The van der Waals surface area contributed by atoms with Crippen molar-refractivity contribution >= 4 is 22.6 Å². The first kappa shape index (κ1) is 8.47. The van der Waals surface area contributed by atoms with Crippen molar-refractivity contribution in [1.29, 1.82) is 0 Å². The molecule has 0 amide bonds. The molecule has 3 N–H and O–H groups in total. The van der Waals surface area contributed by atoms with Crippen LogP contribution in [0.2, 0.25) is 0 Å². The third-order valence-electron chi connectivity index (χ3n) is 3.49. The number of nitrogen functional groups attached to an aromatic ring is 1. The van der Waals surface area contributed by atoms with E-state index in [-0.39, 0.29) is 0 Å². The first-order valence-electron chi connectivity index (χ1n) is 5.17. The van der Waals surface area contributed by atoms with Crippen molar-refractivity contribution in [2.45, 2.75) is 31.7 Å². The van der Waals surface area contributed by atoms with Crippen LogP contribution >= 0.6 is 11.5 Å². The Labute approximate surface area is 87.1 Å². The summed E-state index contributed by atoms with van der Waals surface area (Å²) < 4.78 is 3.97. The first-order valence-corrected chi connectivity index (χ1v) is 5.94. The van der Waals surface area contributed by atoms with Crippen molar-refractivity contribution in [3.05, 3.63) is 0 Å². The average molecular weight is 210 g/mol. The lowest BCUT2D eigenvalue weighted by atomic mass is 9.96. The molecule has 14 heavy (non-hydrogen) atoms. The van der Waals surface area contributed by atoms with E-state index >= 15 is 0 Å². The molecule has 2 fully saturated rings. The van der Waals surface area contributed by atoms with E-state index in [0.29, 0.717) is 12.0 Å². The zero-order valence-electron chi connectivity index (χ0n) is 7.94. The van der Waals surface area contributed by atoms with Gasteiger partial charge in [-0.15, -0.1) is 0 Å². The van der Waals surface area contributed by atoms with Crippen LogP contribution in [0.5, 0.6) is 0 Å². The maximum atomic E-state index is 5.48. The highest BCUT2D eigenvalue weighted by atomic mass is 32.1. The molecule has 1 heterocycles. The number of nitrogens with zero attached hydrogens (tertiary/aromatic N) is 2. The van der Waals surface area contributed by atoms with Gasteiger partial charge in [0.2, 0.25) is 11.1 Å². The minimum atomic E-state index is 0.389. The van der Waals surface area contributed by atoms with Gasteiger partial charge in [0.1, 0.15) is 0 Å². The van der Waals surface area contributed by atoms with E-state index in [1.54, 1.807) is 0 Å². The van der Waals surface area contributed by atoms with Crippen LogP contribution in [0, 0.1) is 11.8 Å². The molecule has 5 heteroatoms. The number of rotatable bonds is 2. The van der Waals surface area contributed by atoms with Crippen LogP contribution in [-0.2, 0) is 0 Å². The quantitative estimate of drug-likeness (QED) is 0.780. The van der Waals surface area contributed by atoms with Crippen molar-refractivity contribution in [2.75, 3.05) is 11.1 Å². The monoisotopic (exact) mass is 210 g/mol. The van der Waals surface area contributed by atoms with E-state index in [1.807, 2.05) is 0 Å². The topological polar surface area (TPSA) is 63.8 Å². The Morgan fingerprint density at radius 2 is 2.29 bits per heavy atom. The summed E-state index contributed by atoms with van der Waals surface area (Å²) >= 11 is 1.37. The number of hydrogen-bond donors (Lipinski definition) is 2. The van der Waals surface area contributed by atoms with Crippen LogP contribution < -0.4 is 11.1 Å². The molecule has 1 aromatic heterocycles. The van der Waals surface area contributed by atoms with E-state index in [1.165, 1.54) is 37.2 Å². The summed E-state index contributed by atoms with van der Waals surface area (Å²) in [5.41, 5.74) is 5.48. The van der Waals surface area contributed by atoms with Gasteiger partial charge in [-0.3, -0.25) is 0 Å². The predicted octanol–water partition coefficient (Wildman–Crippen LogP) is 1.72. The number of anilines is 2. The van der Waals surface area contributed by atoms with E-state index in [9.17, 15) is 0 Å². The predicted molar refractivity (Wildman–Crippen MR) is 57.2 cm³/mol. The Morgan fingerprint density at radius 1 is 1.36 bits per heavy atom. The summed E-state index contributed by atoms with van der Waals surface area (Å²) in [4.78, 5) is 4.13. The van der Waals surface area contributed by atoms with Gasteiger partial charge in [0.05, 0.1) is 0 Å². The molecule has 76 valence electrons. The third kappa shape index (κ3) is 1.35. The molecule has 0 spiro atoms. The molecule has 3 atom stereocenters. The van der Waals surface area contributed by atoms with E-state index in [0.717, 1.165) is 17.0 Å². The Kier molecular flexibility index (Phi) is 1.87. The smallest absolute Gasteiger partial charge is 0.233 e. The van der Waals surface area contributed by atoms with Crippen LogP contribution in [-0.4, -0.2) is 15.4 Å². The van der Waals surface area contributed by atoms with Gasteiger partial charge in [-0.05, 0) is 31.1 Å². The van der Waals surface area contributed by atoms with Gasteiger partial charge < -0.3 is 11.1 Å². The van der Waals surface area contributed by atoms with Gasteiger partial charge in [0.15, 0.2) is 0 Å². The number of nitrogens with one attached hydrogen (secondary N) is 1. The van der Waals surface area contributed by atoms with Crippen LogP contribution in [0.4, 0.5) is 11.1 Å². The van der Waals surface area contributed by atoms with Gasteiger partial charge >= 0.3 is 0 Å². The molecule has 3 rings (SSSR count). The van der Waals surface area contributed by atoms with E-state index in [4.69, 9.17) is 5.73 Å². The molecule has 2 bridgehead atoms. The van der Waals surface area contributed by atoms with E-state index in [2.05, 4.69) is 14.7 Å². The molecule has 4 nitrogen and oxygen atoms in total. The highest BCUT2D eigenvalue weighted by Gasteiger charge is 2.39. The van der Waals surface area contributed by atoms with Gasteiger partial charge in [-0.25, -0.2) is 0 Å². The molecular weight excluding hydrogens is 196 g/mol. The third-order valence-corrected chi connectivity index (χ3v) is 4.15. The molecule has 0 saturated heterocycles. The summed E-state index contributed by atoms with van der Waals surface area (Å²) in [6.45, 7) is 0. The Hall–Kier alpha value is -0.840. The summed E-state index contributed by atoms with van der Waals surface area (Å²) in [5, 5.41) is 4.35. The van der Waals surface area contributed by atoms with Crippen molar-refractivity contribution in [3.63, 3.8) is 0 Å². The number of fused-ring (bicyclic) bond motifs is 2. The lowest BCUT2D eigenvalue weighted by molar-refractivity contribution is 0.439. The summed E-state index contributed by atoms with van der Waals surface area (Å²) in [7, 11) is 0. The highest BCUT2D eigenvalue weighted by molar-refractivity contribution is 7.09. The van der Waals surface area contributed by atoms with Gasteiger partial charge in [0, 0.05) is 17.6 Å². The van der Waals surface area contributed by atoms with Crippen LogP contribution in [0.25, 0.3) is 0 Å². The van der Waals surface area contributed by atoms with Crippen molar-refractivity contribution in [1.82, 2.24) is 9.36 Å². The molecule has 0 radical (unpaired) electrons. The zero-order valence-corrected chi connectivity index (χ0v) is 8.76. The Morgan fingerprint density at radius 3 is 2.86 bits per heavy atom. The van der Waals surface area contributed by atoms with Crippen LogP contribution in [0.3, 0.4) is 0 Å². The first-order chi connectivity index (χ1) is 6.81. The summed E-state index contributed by atoms with van der Waals surface area (Å²) in [6, 6.07) is 0.626. The fourth-order valence-corrected chi connectivity index (χ4v) is 3.43. The lowest BCUT2D eigenvalue weighted by Crippen LogP contribution is -2.25. The van der Waals surface area contributed by atoms with Gasteiger partial charge in [-0.2, -0.15) is 9.36 Å². The molecule has 0 aromatic carbocycles. The van der Waals surface area contributed by atoms with Crippen LogP contribution in [0.15, 0.2) is 0 Å². The molecule has 0 aliphatic heterocycles. The maximum Gasteiger partial charge on any atom is 0.233 e. The van der Waals surface area contributed by atoms with Crippen molar-refractivity contribution < 1.29 is 0 Å². The average Bonchev–Trinajstić information content (AvgIpc) is 2.82. The molecule has 2 aliphatic rings. The fraction of sp³-hybridized carbons (Fsp3) is 0.778. The van der Waals surface area contributed by atoms with Crippen molar-refractivity contribution in [2.24, 2.45) is 11.8 Å². The fourth-order valence-electron chi connectivity index (χ4n) is 2.87. The standard InChI is InChI=1S/C9H14N4S/c10-8-12-9(14-13-8)11-7-4-5-1-2-6(7)3-5/h5-7H,1-4H2,(H3,10,11,12,13). The van der Waals surface area contributed by atoms with Gasteiger partial charge in [-0.1, -0.05) is 6.42 Å². The van der Waals surface area contributed by atoms with Crippen molar-refractivity contribution in [3.8, 4) is 0 Å². The van der Waals surface area contributed by atoms with Gasteiger partial charge in [0.25, 0.3) is 0 Å². The van der Waals surface area contributed by atoms with E-state index < -0.39 is 0 Å². The maximum absolute atomic E-state index is 5.48. The minimum absolute atomic E-state index is 0.389. The molecule has 2 aliphatic carbocycles. The SMILES string of the molecule is Nc1nsc(NC2CC3CCC2C3)n1. The lowest BCUT2D eigenvalue weighted by Gasteiger charge is -2.21. The summed E-state index contributed by atoms with van der Waals surface area (Å²) in [5.74, 6) is 2.22. The number of hydrogen-bond acceptors (Lipinski definition) is 5. The Bertz CT molecular complexity index is 337. The molecule has 1 aromatic rings. The molecule has 2 saturated carbocycles. The van der Waals surface area contributed by atoms with Crippen LogP contribution in [0.1, 0.15) is 25.7 Å². The summed E-state index contributed by atoms with van der Waals surface area (Å²) in [6.07, 6.45) is 5.54. The second kappa shape index (κ2) is 3.08. The second-order valence-corrected chi connectivity index (χ2v) is 5.14. The zero-order chi connectivity index (χ0) is 9.54. The molecule has 3 unspecified atom stereocenters. The molecular formula is C9H14N4S. The number of nitrogens with two attached hydrogens (primary N) is 1. The largest absolute Gasteiger partial charge is 0.367 e. The second-order valence-electron chi connectivity index (χ2n) is 4.38. The highest BCUT2D eigenvalue weighted by Crippen LogP contribution is 2.45. The Balaban J connectivity index is 1.68. The number of aromatic nitrogens is 2. The normalized spacial score (nSPS) is 35.0.